The summed E-state index contributed by atoms with van der Waals surface area (Å²) in [6.07, 6.45) is 0.854. The van der Waals surface area contributed by atoms with E-state index in [0.717, 1.165) is 34.5 Å². The molecule has 0 N–H and O–H groups in total. The molecule has 0 atom stereocenters. The van der Waals surface area contributed by atoms with Gasteiger partial charge in [-0.2, -0.15) is 0 Å². The number of aromatic nitrogens is 3. The fourth-order valence-corrected chi connectivity index (χ4v) is 3.20. The third-order valence-corrected chi connectivity index (χ3v) is 4.89. The van der Waals surface area contributed by atoms with Gasteiger partial charge in [0.15, 0.2) is 11.0 Å². The number of benzene rings is 2. The summed E-state index contributed by atoms with van der Waals surface area (Å²) in [4.78, 5) is 0. The van der Waals surface area contributed by atoms with Crippen molar-refractivity contribution >= 4 is 11.8 Å². The summed E-state index contributed by atoms with van der Waals surface area (Å²) in [6, 6.07) is 13.8. The van der Waals surface area contributed by atoms with Crippen LogP contribution in [0.3, 0.4) is 0 Å². The largest absolute Gasteiger partial charge is 0.497 e. The Hall–Kier alpha value is -2.54. The lowest BCUT2D eigenvalue weighted by Crippen LogP contribution is -2.00. The van der Waals surface area contributed by atoms with Crippen LogP contribution in [0.2, 0.25) is 0 Å². The van der Waals surface area contributed by atoms with Gasteiger partial charge >= 0.3 is 0 Å². The van der Waals surface area contributed by atoms with Crippen LogP contribution in [-0.4, -0.2) is 34.2 Å². The first-order valence-electron chi connectivity index (χ1n) is 8.22. The van der Waals surface area contributed by atoms with Gasteiger partial charge in [-0.05, 0) is 55.0 Å². The zero-order valence-electron chi connectivity index (χ0n) is 14.7. The van der Waals surface area contributed by atoms with Crippen molar-refractivity contribution < 1.29 is 13.9 Å². The molecular formula is C19H20FN3O2S. The second-order valence-corrected chi connectivity index (χ2v) is 6.66. The molecule has 3 aromatic rings. The minimum absolute atomic E-state index is 0.261. The summed E-state index contributed by atoms with van der Waals surface area (Å²) in [5, 5.41) is 9.40. The first-order chi connectivity index (χ1) is 12.7. The molecule has 0 saturated carbocycles. The van der Waals surface area contributed by atoms with Crippen LogP contribution in [-0.2, 0) is 7.05 Å². The molecule has 3 rings (SSSR count). The predicted octanol–water partition coefficient (Wildman–Crippen LogP) is 4.19. The van der Waals surface area contributed by atoms with Gasteiger partial charge in [-0.15, -0.1) is 10.2 Å². The number of hydrogen-bond donors (Lipinski definition) is 0. The summed E-state index contributed by atoms with van der Waals surface area (Å²) in [5.74, 6) is 2.90. The standard InChI is InChI=1S/C19H20FN3O2S/c1-23-18(14-4-8-16(24-2)9-5-14)21-22-19(23)26-13-3-12-25-17-10-6-15(20)7-11-17/h4-11H,3,12-13H2,1-2H3. The molecular weight excluding hydrogens is 353 g/mol. The molecule has 0 unspecified atom stereocenters. The van der Waals surface area contributed by atoms with Crippen LogP contribution in [0.5, 0.6) is 11.5 Å². The lowest BCUT2D eigenvalue weighted by molar-refractivity contribution is 0.318. The van der Waals surface area contributed by atoms with Crippen molar-refractivity contribution in [2.75, 3.05) is 19.5 Å². The van der Waals surface area contributed by atoms with E-state index in [1.165, 1.54) is 12.1 Å². The number of methoxy groups -OCH3 is 1. The number of hydrogen-bond acceptors (Lipinski definition) is 5. The van der Waals surface area contributed by atoms with E-state index < -0.39 is 0 Å². The third-order valence-electron chi connectivity index (χ3n) is 3.79. The zero-order valence-corrected chi connectivity index (χ0v) is 15.5. The van der Waals surface area contributed by atoms with E-state index in [9.17, 15) is 4.39 Å². The molecule has 0 saturated heterocycles. The Balaban J connectivity index is 1.49. The van der Waals surface area contributed by atoms with Gasteiger partial charge in [-0.3, -0.25) is 0 Å². The Bertz CT molecular complexity index is 835. The molecule has 0 amide bonds. The Labute approximate surface area is 156 Å². The molecule has 0 fully saturated rings. The van der Waals surface area contributed by atoms with E-state index in [-0.39, 0.29) is 5.82 Å². The smallest absolute Gasteiger partial charge is 0.191 e. The average Bonchev–Trinajstić information content (AvgIpc) is 3.03. The molecule has 0 spiro atoms. The normalized spacial score (nSPS) is 10.7. The number of halogens is 1. The second-order valence-electron chi connectivity index (χ2n) is 5.60. The van der Waals surface area contributed by atoms with Crippen molar-refractivity contribution in [3.8, 4) is 22.9 Å². The number of nitrogens with zero attached hydrogens (tertiary/aromatic N) is 3. The Morgan fingerprint density at radius 2 is 1.69 bits per heavy atom. The van der Waals surface area contributed by atoms with Crippen LogP contribution in [0, 0.1) is 5.82 Å². The van der Waals surface area contributed by atoms with Gasteiger partial charge in [0.1, 0.15) is 17.3 Å². The fraction of sp³-hybridized carbons (Fsp3) is 0.263. The van der Waals surface area contributed by atoms with E-state index >= 15 is 0 Å². The van der Waals surface area contributed by atoms with Crippen LogP contribution >= 0.6 is 11.8 Å². The first kappa shape index (κ1) is 18.3. The van der Waals surface area contributed by atoms with Gasteiger partial charge in [-0.25, -0.2) is 4.39 Å². The van der Waals surface area contributed by atoms with E-state index in [2.05, 4.69) is 10.2 Å². The predicted molar refractivity (Wildman–Crippen MR) is 100 cm³/mol. The number of rotatable bonds is 8. The number of thioether (sulfide) groups is 1. The van der Waals surface area contributed by atoms with E-state index in [1.54, 1.807) is 31.0 Å². The molecule has 0 aliphatic carbocycles. The Morgan fingerprint density at radius 3 is 2.38 bits per heavy atom. The third kappa shape index (κ3) is 4.54. The van der Waals surface area contributed by atoms with E-state index in [1.807, 2.05) is 35.9 Å². The topological polar surface area (TPSA) is 49.2 Å². The molecule has 2 aromatic carbocycles. The SMILES string of the molecule is COc1ccc(-c2nnc(SCCCOc3ccc(F)cc3)n2C)cc1. The van der Waals surface area contributed by atoms with Crippen LogP contribution in [0.1, 0.15) is 6.42 Å². The maximum absolute atomic E-state index is 12.8. The van der Waals surface area contributed by atoms with Crippen molar-refractivity contribution in [3.05, 3.63) is 54.3 Å². The first-order valence-corrected chi connectivity index (χ1v) is 9.21. The monoisotopic (exact) mass is 373 g/mol. The molecule has 136 valence electrons. The lowest BCUT2D eigenvalue weighted by Gasteiger charge is -2.06. The van der Waals surface area contributed by atoms with Crippen molar-refractivity contribution in [3.63, 3.8) is 0 Å². The molecule has 0 aliphatic rings. The average molecular weight is 373 g/mol. The molecule has 0 radical (unpaired) electrons. The highest BCUT2D eigenvalue weighted by Gasteiger charge is 2.11. The van der Waals surface area contributed by atoms with E-state index in [0.29, 0.717) is 12.4 Å². The number of ether oxygens (including phenoxy) is 2. The highest BCUT2D eigenvalue weighted by molar-refractivity contribution is 7.99. The molecule has 5 nitrogen and oxygen atoms in total. The zero-order chi connectivity index (χ0) is 18.4. The Morgan fingerprint density at radius 1 is 1.00 bits per heavy atom. The fourth-order valence-electron chi connectivity index (χ4n) is 2.38. The summed E-state index contributed by atoms with van der Waals surface area (Å²) in [5.41, 5.74) is 0.993. The quantitative estimate of drug-likeness (QED) is 0.438. The molecule has 1 heterocycles. The van der Waals surface area contributed by atoms with Crippen LogP contribution in [0.4, 0.5) is 4.39 Å². The van der Waals surface area contributed by atoms with Gasteiger partial charge in [-0.1, -0.05) is 11.8 Å². The molecule has 1 aromatic heterocycles. The summed E-state index contributed by atoms with van der Waals surface area (Å²) in [7, 11) is 3.60. The van der Waals surface area contributed by atoms with Crippen molar-refractivity contribution in [1.82, 2.24) is 14.8 Å². The summed E-state index contributed by atoms with van der Waals surface area (Å²) in [6.45, 7) is 0.571. The van der Waals surface area contributed by atoms with Crippen molar-refractivity contribution in [2.45, 2.75) is 11.6 Å². The second kappa shape index (κ2) is 8.71. The maximum Gasteiger partial charge on any atom is 0.191 e. The van der Waals surface area contributed by atoms with Crippen LogP contribution in [0.25, 0.3) is 11.4 Å². The van der Waals surface area contributed by atoms with E-state index in [4.69, 9.17) is 9.47 Å². The van der Waals surface area contributed by atoms with Crippen molar-refractivity contribution in [2.24, 2.45) is 7.05 Å². The van der Waals surface area contributed by atoms with Crippen LogP contribution in [0.15, 0.2) is 53.7 Å². The highest BCUT2D eigenvalue weighted by Crippen LogP contribution is 2.24. The lowest BCUT2D eigenvalue weighted by atomic mass is 10.2. The van der Waals surface area contributed by atoms with Gasteiger partial charge < -0.3 is 14.0 Å². The van der Waals surface area contributed by atoms with Gasteiger partial charge in [0.25, 0.3) is 0 Å². The molecule has 7 heteroatoms. The van der Waals surface area contributed by atoms with Gasteiger partial charge in [0.05, 0.1) is 13.7 Å². The summed E-state index contributed by atoms with van der Waals surface area (Å²) >= 11 is 1.63. The Kier molecular flexibility index (Phi) is 6.12. The molecule has 26 heavy (non-hydrogen) atoms. The highest BCUT2D eigenvalue weighted by atomic mass is 32.2. The van der Waals surface area contributed by atoms with Crippen LogP contribution < -0.4 is 9.47 Å². The summed E-state index contributed by atoms with van der Waals surface area (Å²) < 4.78 is 25.6. The molecule has 0 bridgehead atoms. The van der Waals surface area contributed by atoms with Gasteiger partial charge in [0, 0.05) is 18.4 Å². The minimum Gasteiger partial charge on any atom is -0.497 e. The minimum atomic E-state index is -0.261. The van der Waals surface area contributed by atoms with Crippen molar-refractivity contribution in [1.29, 1.82) is 0 Å². The maximum atomic E-state index is 12.8. The molecule has 0 aliphatic heterocycles. The van der Waals surface area contributed by atoms with Gasteiger partial charge in [0.2, 0.25) is 0 Å².